The van der Waals surface area contributed by atoms with Crippen LogP contribution in [0.5, 0.6) is 0 Å². The van der Waals surface area contributed by atoms with Crippen LogP contribution in [-0.2, 0) is 0 Å². The van der Waals surface area contributed by atoms with Crippen molar-refractivity contribution in [3.05, 3.63) is 46.0 Å². The quantitative estimate of drug-likeness (QED) is 0.706. The molecule has 0 radical (unpaired) electrons. The van der Waals surface area contributed by atoms with E-state index in [-0.39, 0.29) is 11.7 Å². The van der Waals surface area contributed by atoms with Gasteiger partial charge in [-0.3, -0.25) is 0 Å². The van der Waals surface area contributed by atoms with Gasteiger partial charge < -0.3 is 9.52 Å². The second-order valence-corrected chi connectivity index (χ2v) is 10.2. The standard InChI is InChI=1S/C24H32O3/c1-23-11-9-17(25)13-16(23)4-5-18-20-7-6-19(15-3-8-22(26)27-14-15)24(20,2)12-10-21(18)23/h3,8,13-14,17-21,25H,4-7,9-12H2,1-2H3/t17?,18-,19+,20+,21-,23-,24+/m0/s1. The van der Waals surface area contributed by atoms with Gasteiger partial charge in [0.15, 0.2) is 0 Å². The molecule has 1 aromatic rings. The van der Waals surface area contributed by atoms with Gasteiger partial charge in [-0.15, -0.1) is 0 Å². The topological polar surface area (TPSA) is 50.4 Å². The minimum absolute atomic E-state index is 0.220. The lowest BCUT2D eigenvalue weighted by Crippen LogP contribution is -2.50. The van der Waals surface area contributed by atoms with E-state index in [9.17, 15) is 9.90 Å². The van der Waals surface area contributed by atoms with Gasteiger partial charge in [0.2, 0.25) is 0 Å². The number of hydrogen-bond donors (Lipinski definition) is 1. The van der Waals surface area contributed by atoms with E-state index in [1.807, 2.05) is 6.07 Å². The van der Waals surface area contributed by atoms with E-state index in [1.165, 1.54) is 44.1 Å². The number of aliphatic hydroxyl groups is 1. The number of allylic oxidation sites excluding steroid dienone is 1. The van der Waals surface area contributed by atoms with E-state index < -0.39 is 0 Å². The molecule has 3 saturated carbocycles. The van der Waals surface area contributed by atoms with Crippen LogP contribution in [0.2, 0.25) is 0 Å². The third-order valence-corrected chi connectivity index (χ3v) is 9.21. The van der Waals surface area contributed by atoms with Gasteiger partial charge in [0, 0.05) is 6.07 Å². The fourth-order valence-electron chi connectivity index (χ4n) is 7.82. The van der Waals surface area contributed by atoms with E-state index in [4.69, 9.17) is 4.42 Å². The predicted molar refractivity (Wildman–Crippen MR) is 105 cm³/mol. The molecule has 27 heavy (non-hydrogen) atoms. The Morgan fingerprint density at radius 1 is 1.04 bits per heavy atom. The Hall–Kier alpha value is -1.35. The van der Waals surface area contributed by atoms with Crippen molar-refractivity contribution in [1.82, 2.24) is 0 Å². The van der Waals surface area contributed by atoms with Crippen molar-refractivity contribution in [3.63, 3.8) is 0 Å². The lowest BCUT2D eigenvalue weighted by molar-refractivity contribution is -0.0463. The summed E-state index contributed by atoms with van der Waals surface area (Å²) in [4.78, 5) is 11.4. The highest BCUT2D eigenvalue weighted by Gasteiger charge is 2.59. The van der Waals surface area contributed by atoms with Crippen LogP contribution in [0.25, 0.3) is 0 Å². The first kappa shape index (κ1) is 17.7. The molecule has 0 aromatic carbocycles. The Kier molecular flexibility index (Phi) is 3.99. The highest BCUT2D eigenvalue weighted by atomic mass is 16.4. The van der Waals surface area contributed by atoms with Crippen molar-refractivity contribution in [2.24, 2.45) is 28.6 Å². The molecule has 1 heterocycles. The normalized spacial score (nSPS) is 46.2. The summed E-state index contributed by atoms with van der Waals surface area (Å²) in [5.41, 5.74) is 3.15. The second-order valence-electron chi connectivity index (χ2n) is 10.2. The molecule has 1 unspecified atom stereocenters. The van der Waals surface area contributed by atoms with Crippen LogP contribution in [0.15, 0.2) is 39.3 Å². The average molecular weight is 369 g/mol. The molecule has 3 nitrogen and oxygen atoms in total. The van der Waals surface area contributed by atoms with Crippen molar-refractivity contribution >= 4 is 0 Å². The Labute approximate surface area is 161 Å². The van der Waals surface area contributed by atoms with E-state index in [0.717, 1.165) is 30.6 Å². The third kappa shape index (κ3) is 2.53. The highest BCUT2D eigenvalue weighted by molar-refractivity contribution is 5.27. The summed E-state index contributed by atoms with van der Waals surface area (Å²) >= 11 is 0. The van der Waals surface area contributed by atoms with Crippen molar-refractivity contribution < 1.29 is 9.52 Å². The highest BCUT2D eigenvalue weighted by Crippen LogP contribution is 2.68. The minimum atomic E-state index is -0.249. The molecule has 1 N–H and O–H groups in total. The Balaban J connectivity index is 1.46. The van der Waals surface area contributed by atoms with Crippen LogP contribution in [-0.4, -0.2) is 11.2 Å². The number of hydrogen-bond acceptors (Lipinski definition) is 3. The summed E-state index contributed by atoms with van der Waals surface area (Å²) in [5, 5.41) is 10.1. The monoisotopic (exact) mass is 368 g/mol. The molecule has 4 aliphatic carbocycles. The SMILES string of the molecule is C[C@]12CC[C@H]3[C@@H](CCC4=CC(O)CC[C@@]43C)[C@H]1CC[C@@H]2c1ccc(=O)oc1. The average Bonchev–Trinajstić information content (AvgIpc) is 3.00. The number of aliphatic hydroxyl groups excluding tert-OH is 1. The van der Waals surface area contributed by atoms with E-state index in [0.29, 0.717) is 16.7 Å². The predicted octanol–water partition coefficient (Wildman–Crippen LogP) is 5.05. The van der Waals surface area contributed by atoms with Crippen molar-refractivity contribution in [2.45, 2.75) is 77.2 Å². The van der Waals surface area contributed by atoms with Gasteiger partial charge in [0.1, 0.15) is 0 Å². The Bertz CT molecular complexity index is 803. The first-order valence-electron chi connectivity index (χ1n) is 10.9. The molecule has 0 amide bonds. The fourth-order valence-corrected chi connectivity index (χ4v) is 7.82. The van der Waals surface area contributed by atoms with Gasteiger partial charge in [-0.05, 0) is 97.5 Å². The maximum atomic E-state index is 11.4. The van der Waals surface area contributed by atoms with E-state index in [2.05, 4.69) is 19.9 Å². The molecule has 0 aliphatic heterocycles. The summed E-state index contributed by atoms with van der Waals surface area (Å²) in [7, 11) is 0. The van der Waals surface area contributed by atoms with Gasteiger partial charge in [-0.25, -0.2) is 4.79 Å². The lowest BCUT2D eigenvalue weighted by Gasteiger charge is -2.58. The minimum Gasteiger partial charge on any atom is -0.431 e. The van der Waals surface area contributed by atoms with Gasteiger partial charge in [-0.1, -0.05) is 25.5 Å². The maximum absolute atomic E-state index is 11.4. The largest absolute Gasteiger partial charge is 0.431 e. The second kappa shape index (κ2) is 6.07. The zero-order valence-electron chi connectivity index (χ0n) is 16.6. The van der Waals surface area contributed by atoms with Crippen molar-refractivity contribution in [1.29, 1.82) is 0 Å². The van der Waals surface area contributed by atoms with Crippen LogP contribution >= 0.6 is 0 Å². The lowest BCUT2D eigenvalue weighted by atomic mass is 9.46. The molecule has 3 heteroatoms. The molecule has 7 atom stereocenters. The van der Waals surface area contributed by atoms with Crippen LogP contribution in [0.3, 0.4) is 0 Å². The molecule has 146 valence electrons. The number of fused-ring (bicyclic) bond motifs is 5. The Morgan fingerprint density at radius 2 is 1.89 bits per heavy atom. The van der Waals surface area contributed by atoms with E-state index in [1.54, 1.807) is 17.9 Å². The molecule has 0 saturated heterocycles. The summed E-state index contributed by atoms with van der Waals surface area (Å²) in [6.07, 6.45) is 13.3. The fraction of sp³-hybridized carbons (Fsp3) is 0.708. The van der Waals surface area contributed by atoms with Crippen molar-refractivity contribution in [2.75, 3.05) is 0 Å². The maximum Gasteiger partial charge on any atom is 0.335 e. The van der Waals surface area contributed by atoms with Gasteiger partial charge >= 0.3 is 5.63 Å². The van der Waals surface area contributed by atoms with E-state index >= 15 is 0 Å². The molecule has 3 fully saturated rings. The first-order valence-corrected chi connectivity index (χ1v) is 10.9. The summed E-state index contributed by atoms with van der Waals surface area (Å²) in [5.74, 6) is 2.88. The van der Waals surface area contributed by atoms with Crippen LogP contribution in [0.1, 0.15) is 76.7 Å². The molecular weight excluding hydrogens is 336 g/mol. The first-order chi connectivity index (χ1) is 12.9. The van der Waals surface area contributed by atoms with Gasteiger partial charge in [-0.2, -0.15) is 0 Å². The third-order valence-electron chi connectivity index (χ3n) is 9.21. The molecule has 0 spiro atoms. The molecule has 1 aromatic heterocycles. The molecule has 4 aliphatic rings. The van der Waals surface area contributed by atoms with Gasteiger partial charge in [0.25, 0.3) is 0 Å². The summed E-state index contributed by atoms with van der Waals surface area (Å²) < 4.78 is 5.21. The smallest absolute Gasteiger partial charge is 0.335 e. The van der Waals surface area contributed by atoms with Crippen molar-refractivity contribution in [3.8, 4) is 0 Å². The zero-order valence-corrected chi connectivity index (χ0v) is 16.6. The molecular formula is C24H32O3. The van der Waals surface area contributed by atoms with Crippen LogP contribution < -0.4 is 5.63 Å². The Morgan fingerprint density at radius 3 is 2.67 bits per heavy atom. The van der Waals surface area contributed by atoms with Crippen LogP contribution in [0.4, 0.5) is 0 Å². The molecule has 0 bridgehead atoms. The zero-order chi connectivity index (χ0) is 18.8. The number of rotatable bonds is 1. The molecule has 5 rings (SSSR count). The summed E-state index contributed by atoms with van der Waals surface area (Å²) in [6, 6.07) is 3.59. The summed E-state index contributed by atoms with van der Waals surface area (Å²) in [6.45, 7) is 5.00. The van der Waals surface area contributed by atoms with Crippen LogP contribution in [0, 0.1) is 28.6 Å². The van der Waals surface area contributed by atoms with Gasteiger partial charge in [0.05, 0.1) is 12.4 Å².